The average Bonchev–Trinajstić information content (AvgIpc) is 3.20. The lowest BCUT2D eigenvalue weighted by molar-refractivity contribution is 0.0936. The summed E-state index contributed by atoms with van der Waals surface area (Å²) in [7, 11) is 0. The minimum Gasteiger partial charge on any atom is -0.349 e. The molecule has 3 heterocycles. The van der Waals surface area contributed by atoms with Crippen LogP contribution in [0, 0.1) is 0 Å². The molecular formula is C24H23N5O. The Balaban J connectivity index is 1.51. The van der Waals surface area contributed by atoms with Crippen molar-refractivity contribution in [3.63, 3.8) is 0 Å². The maximum Gasteiger partial charge on any atom is 0.271 e. The average molecular weight is 397 g/mol. The molecule has 0 bridgehead atoms. The van der Waals surface area contributed by atoms with Gasteiger partial charge < -0.3 is 10.2 Å². The van der Waals surface area contributed by atoms with Gasteiger partial charge in [0.1, 0.15) is 0 Å². The fourth-order valence-electron chi connectivity index (χ4n) is 3.68. The van der Waals surface area contributed by atoms with Crippen LogP contribution in [0.25, 0.3) is 28.2 Å². The van der Waals surface area contributed by atoms with Crippen LogP contribution in [0.3, 0.4) is 0 Å². The minimum absolute atomic E-state index is 0.165. The highest BCUT2D eigenvalue weighted by Crippen LogP contribution is 2.26. The van der Waals surface area contributed by atoms with E-state index in [4.69, 9.17) is 4.98 Å². The summed E-state index contributed by atoms with van der Waals surface area (Å²) < 4.78 is 1.76. The summed E-state index contributed by atoms with van der Waals surface area (Å²) in [6.07, 6.45) is 1.25. The Morgan fingerprint density at radius 1 is 0.933 bits per heavy atom. The summed E-state index contributed by atoms with van der Waals surface area (Å²) in [6.45, 7) is 3.75. The second kappa shape index (κ2) is 8.08. The van der Waals surface area contributed by atoms with E-state index in [1.165, 1.54) is 6.42 Å². The number of hydrogen-bond acceptors (Lipinski definition) is 4. The van der Waals surface area contributed by atoms with E-state index in [1.807, 2.05) is 66.7 Å². The molecule has 0 saturated carbocycles. The predicted octanol–water partition coefficient (Wildman–Crippen LogP) is 3.50. The van der Waals surface area contributed by atoms with Gasteiger partial charge in [-0.3, -0.25) is 4.79 Å². The number of likely N-dealkylation sites (tertiary alicyclic amines) is 1. The van der Waals surface area contributed by atoms with Crippen LogP contribution in [0.5, 0.6) is 0 Å². The van der Waals surface area contributed by atoms with Crippen LogP contribution < -0.4 is 5.32 Å². The van der Waals surface area contributed by atoms with Gasteiger partial charge in [-0.25, -0.2) is 9.50 Å². The zero-order valence-electron chi connectivity index (χ0n) is 16.7. The van der Waals surface area contributed by atoms with Crippen molar-refractivity contribution in [3.05, 3.63) is 78.5 Å². The van der Waals surface area contributed by atoms with E-state index in [2.05, 4.69) is 15.3 Å². The van der Waals surface area contributed by atoms with Crippen molar-refractivity contribution in [2.45, 2.75) is 6.42 Å². The van der Waals surface area contributed by atoms with Crippen LogP contribution in [-0.2, 0) is 0 Å². The van der Waals surface area contributed by atoms with Crippen LogP contribution in [0.15, 0.2) is 72.8 Å². The van der Waals surface area contributed by atoms with E-state index in [0.717, 1.165) is 42.1 Å². The quantitative estimate of drug-likeness (QED) is 0.541. The Kier molecular flexibility index (Phi) is 4.99. The molecule has 2 aromatic carbocycles. The molecule has 30 heavy (non-hydrogen) atoms. The number of carbonyl (C=O) groups excluding carboxylic acids is 1. The zero-order valence-corrected chi connectivity index (χ0v) is 16.7. The standard InChI is InChI=1S/C24H23N5O/c30-24(25-12-15-28-13-7-14-28)21-17-23-26-20(18-8-3-1-4-9-18)16-22(29(23)27-21)19-10-5-2-6-11-19/h1-6,8-11,16-17H,7,12-15H2,(H,25,30). The molecule has 0 atom stereocenters. The number of carbonyl (C=O) groups is 1. The third-order valence-corrected chi connectivity index (χ3v) is 5.46. The van der Waals surface area contributed by atoms with E-state index < -0.39 is 0 Å². The van der Waals surface area contributed by atoms with Gasteiger partial charge in [0, 0.05) is 30.3 Å². The molecule has 6 heteroatoms. The molecule has 1 saturated heterocycles. The number of rotatable bonds is 6. The molecule has 0 radical (unpaired) electrons. The number of benzene rings is 2. The number of nitrogens with one attached hydrogen (secondary N) is 1. The second-order valence-electron chi connectivity index (χ2n) is 7.51. The summed E-state index contributed by atoms with van der Waals surface area (Å²) in [4.78, 5) is 19.8. The minimum atomic E-state index is -0.165. The molecule has 150 valence electrons. The molecule has 1 N–H and O–H groups in total. The maximum atomic E-state index is 12.7. The van der Waals surface area contributed by atoms with Crippen molar-refractivity contribution in [3.8, 4) is 22.5 Å². The van der Waals surface area contributed by atoms with E-state index in [9.17, 15) is 4.79 Å². The summed E-state index contributed by atoms with van der Waals surface area (Å²) in [5.41, 5.74) is 4.84. The van der Waals surface area contributed by atoms with Crippen molar-refractivity contribution in [2.75, 3.05) is 26.2 Å². The molecular weight excluding hydrogens is 374 g/mol. The smallest absolute Gasteiger partial charge is 0.271 e. The van der Waals surface area contributed by atoms with Gasteiger partial charge in [0.15, 0.2) is 11.3 Å². The number of nitrogens with zero attached hydrogens (tertiary/aromatic N) is 4. The van der Waals surface area contributed by atoms with Crippen LogP contribution in [-0.4, -0.2) is 51.6 Å². The highest BCUT2D eigenvalue weighted by atomic mass is 16.1. The highest BCUT2D eigenvalue weighted by molar-refractivity contribution is 5.93. The van der Waals surface area contributed by atoms with Gasteiger partial charge in [-0.15, -0.1) is 0 Å². The van der Waals surface area contributed by atoms with Gasteiger partial charge in [0.25, 0.3) is 5.91 Å². The Bertz CT molecular complexity index is 1170. The van der Waals surface area contributed by atoms with Crippen molar-refractivity contribution >= 4 is 11.6 Å². The van der Waals surface area contributed by atoms with Crippen LogP contribution in [0.1, 0.15) is 16.9 Å². The lowest BCUT2D eigenvalue weighted by Crippen LogP contribution is -2.42. The first-order valence-electron chi connectivity index (χ1n) is 10.3. The number of hydrogen-bond donors (Lipinski definition) is 1. The summed E-state index contributed by atoms with van der Waals surface area (Å²) in [5, 5.41) is 7.56. The Hall–Kier alpha value is -3.51. The Morgan fingerprint density at radius 3 is 2.30 bits per heavy atom. The summed E-state index contributed by atoms with van der Waals surface area (Å²) in [5.74, 6) is -0.165. The van der Waals surface area contributed by atoms with E-state index in [0.29, 0.717) is 17.9 Å². The summed E-state index contributed by atoms with van der Waals surface area (Å²) in [6, 6.07) is 23.9. The molecule has 1 aliphatic rings. The molecule has 1 fully saturated rings. The van der Waals surface area contributed by atoms with E-state index in [-0.39, 0.29) is 5.91 Å². The van der Waals surface area contributed by atoms with Crippen molar-refractivity contribution < 1.29 is 4.79 Å². The number of fused-ring (bicyclic) bond motifs is 1. The molecule has 0 aliphatic carbocycles. The topological polar surface area (TPSA) is 62.5 Å². The fourth-order valence-corrected chi connectivity index (χ4v) is 3.68. The van der Waals surface area contributed by atoms with Crippen LogP contribution in [0.4, 0.5) is 0 Å². The Labute approximate surface area is 175 Å². The van der Waals surface area contributed by atoms with Crippen molar-refractivity contribution in [1.82, 2.24) is 24.8 Å². The molecule has 0 unspecified atom stereocenters. The lowest BCUT2D eigenvalue weighted by Gasteiger charge is -2.30. The van der Waals surface area contributed by atoms with Gasteiger partial charge in [-0.2, -0.15) is 5.10 Å². The van der Waals surface area contributed by atoms with Gasteiger partial charge in [-0.1, -0.05) is 60.7 Å². The third kappa shape index (κ3) is 3.69. The summed E-state index contributed by atoms with van der Waals surface area (Å²) >= 11 is 0. The fraction of sp³-hybridized carbons (Fsp3) is 0.208. The van der Waals surface area contributed by atoms with E-state index in [1.54, 1.807) is 10.6 Å². The maximum absolute atomic E-state index is 12.7. The zero-order chi connectivity index (χ0) is 20.3. The SMILES string of the molecule is O=C(NCCN1CCC1)c1cc2nc(-c3ccccc3)cc(-c3ccccc3)n2n1. The van der Waals surface area contributed by atoms with Gasteiger partial charge in [0.2, 0.25) is 0 Å². The van der Waals surface area contributed by atoms with E-state index >= 15 is 0 Å². The normalized spacial score (nSPS) is 13.9. The van der Waals surface area contributed by atoms with Crippen molar-refractivity contribution in [2.24, 2.45) is 0 Å². The molecule has 0 spiro atoms. The molecule has 6 nitrogen and oxygen atoms in total. The second-order valence-corrected chi connectivity index (χ2v) is 7.51. The largest absolute Gasteiger partial charge is 0.349 e. The van der Waals surface area contributed by atoms with Crippen LogP contribution >= 0.6 is 0 Å². The number of amides is 1. The number of aromatic nitrogens is 3. The van der Waals surface area contributed by atoms with Gasteiger partial charge in [-0.05, 0) is 25.6 Å². The van der Waals surface area contributed by atoms with Gasteiger partial charge in [0.05, 0.1) is 11.4 Å². The molecule has 1 aliphatic heterocycles. The molecule has 5 rings (SSSR count). The first kappa shape index (κ1) is 18.5. The predicted molar refractivity (Wildman–Crippen MR) is 117 cm³/mol. The monoisotopic (exact) mass is 397 g/mol. The molecule has 1 amide bonds. The Morgan fingerprint density at radius 2 is 1.63 bits per heavy atom. The third-order valence-electron chi connectivity index (χ3n) is 5.46. The lowest BCUT2D eigenvalue weighted by atomic mass is 10.1. The molecule has 2 aromatic heterocycles. The first-order valence-corrected chi connectivity index (χ1v) is 10.3. The van der Waals surface area contributed by atoms with Crippen LogP contribution in [0.2, 0.25) is 0 Å². The van der Waals surface area contributed by atoms with Gasteiger partial charge >= 0.3 is 0 Å². The van der Waals surface area contributed by atoms with Crippen molar-refractivity contribution in [1.29, 1.82) is 0 Å². The highest BCUT2D eigenvalue weighted by Gasteiger charge is 2.17. The first-order chi connectivity index (χ1) is 14.8. The molecule has 4 aromatic rings.